The Morgan fingerprint density at radius 3 is 2.22 bits per heavy atom. The van der Waals surface area contributed by atoms with E-state index in [-0.39, 0.29) is 17.2 Å². The van der Waals surface area contributed by atoms with Gasteiger partial charge in [0.2, 0.25) is 5.91 Å². The van der Waals surface area contributed by atoms with Crippen molar-refractivity contribution >= 4 is 27.6 Å². The molecule has 0 aliphatic heterocycles. The average Bonchev–Trinajstić information content (AvgIpc) is 2.87. The molecule has 0 radical (unpaired) electrons. The zero-order valence-corrected chi connectivity index (χ0v) is 21.4. The number of rotatable bonds is 10. The van der Waals surface area contributed by atoms with Crippen LogP contribution < -0.4 is 19.7 Å². The van der Waals surface area contributed by atoms with Crippen molar-refractivity contribution in [2.75, 3.05) is 18.6 Å². The predicted octanol–water partition coefficient (Wildman–Crippen LogP) is 4.05. The fraction of sp³-hybridized carbons (Fsp3) is 0.259. The Morgan fingerprint density at radius 1 is 0.944 bits per heavy atom. The number of urea groups is 1. The molecule has 0 saturated heterocycles. The van der Waals surface area contributed by atoms with E-state index < -0.39 is 22.1 Å². The fourth-order valence-corrected chi connectivity index (χ4v) is 4.89. The Kier molecular flexibility index (Phi) is 9.08. The van der Waals surface area contributed by atoms with Crippen LogP contribution >= 0.6 is 0 Å². The highest BCUT2D eigenvalue weighted by molar-refractivity contribution is 7.90. The van der Waals surface area contributed by atoms with Gasteiger partial charge in [0.1, 0.15) is 11.8 Å². The summed E-state index contributed by atoms with van der Waals surface area (Å²) >= 11 is 0. The molecule has 3 rings (SSSR count). The molecule has 0 saturated carbocycles. The Labute approximate surface area is 212 Å². The maximum atomic E-state index is 13.4. The summed E-state index contributed by atoms with van der Waals surface area (Å²) in [5, 5.41) is 2.57. The Hall–Kier alpha value is -3.85. The standard InChI is InChI=1S/C27H31N3O5S/c1-4-35-23-17-15-22(16-18-23)30(3)26(31)24(19-14-21-11-6-5-7-12-21)28-27(32)29-36(33,34)25-13-9-8-10-20(25)2/h5-13,15-18,24H,4,14,19H2,1-3H3,(H2,28,29,32)/t24-/m0/s1. The highest BCUT2D eigenvalue weighted by atomic mass is 32.2. The summed E-state index contributed by atoms with van der Waals surface area (Å²) in [4.78, 5) is 27.6. The zero-order valence-electron chi connectivity index (χ0n) is 20.6. The second-order valence-electron chi connectivity index (χ2n) is 8.25. The number of sulfonamides is 1. The molecule has 1 atom stereocenters. The number of ether oxygens (including phenoxy) is 1. The molecule has 36 heavy (non-hydrogen) atoms. The SMILES string of the molecule is CCOc1ccc(N(C)C(=O)[C@H](CCc2ccccc2)NC(=O)NS(=O)(=O)c2ccccc2C)cc1. The quantitative estimate of drug-likeness (QED) is 0.429. The fourth-order valence-electron chi connectivity index (χ4n) is 3.73. The van der Waals surface area contributed by atoms with Gasteiger partial charge in [-0.05, 0) is 68.1 Å². The van der Waals surface area contributed by atoms with E-state index in [1.807, 2.05) is 42.0 Å². The van der Waals surface area contributed by atoms with Gasteiger partial charge >= 0.3 is 6.03 Å². The molecule has 8 nitrogen and oxygen atoms in total. The Morgan fingerprint density at radius 2 is 1.58 bits per heavy atom. The molecule has 0 aromatic heterocycles. The molecular weight excluding hydrogens is 478 g/mol. The third-order valence-electron chi connectivity index (χ3n) is 5.64. The average molecular weight is 510 g/mol. The highest BCUT2D eigenvalue weighted by Crippen LogP contribution is 2.20. The second kappa shape index (κ2) is 12.2. The minimum atomic E-state index is -4.11. The van der Waals surface area contributed by atoms with Crippen LogP contribution in [0.25, 0.3) is 0 Å². The number of carbonyl (C=O) groups is 2. The monoisotopic (exact) mass is 509 g/mol. The van der Waals surface area contributed by atoms with Gasteiger partial charge in [0.25, 0.3) is 10.0 Å². The summed E-state index contributed by atoms with van der Waals surface area (Å²) in [6, 6.07) is 21.0. The van der Waals surface area contributed by atoms with Gasteiger partial charge in [0, 0.05) is 12.7 Å². The molecule has 0 fully saturated rings. The molecule has 0 spiro atoms. The van der Waals surface area contributed by atoms with E-state index in [0.29, 0.717) is 30.0 Å². The van der Waals surface area contributed by atoms with Crippen LogP contribution in [0.4, 0.5) is 10.5 Å². The van der Waals surface area contributed by atoms with Crippen molar-refractivity contribution in [2.45, 2.75) is 37.6 Å². The van der Waals surface area contributed by atoms with Crippen molar-refractivity contribution in [3.05, 3.63) is 90.0 Å². The first-order chi connectivity index (χ1) is 17.2. The lowest BCUT2D eigenvalue weighted by Gasteiger charge is -2.25. The van der Waals surface area contributed by atoms with E-state index in [1.165, 1.54) is 11.0 Å². The number of carbonyl (C=O) groups excluding carboxylic acids is 2. The molecule has 3 amide bonds. The number of nitrogens with zero attached hydrogens (tertiary/aromatic N) is 1. The number of nitrogens with one attached hydrogen (secondary N) is 2. The smallest absolute Gasteiger partial charge is 0.329 e. The van der Waals surface area contributed by atoms with E-state index in [2.05, 4.69) is 5.32 Å². The maximum absolute atomic E-state index is 13.4. The first-order valence-corrected chi connectivity index (χ1v) is 13.1. The summed E-state index contributed by atoms with van der Waals surface area (Å²) < 4.78 is 33.0. The normalized spacial score (nSPS) is 11.9. The number of benzene rings is 3. The van der Waals surface area contributed by atoms with E-state index >= 15 is 0 Å². The van der Waals surface area contributed by atoms with E-state index in [4.69, 9.17) is 4.74 Å². The molecule has 3 aromatic rings. The first-order valence-electron chi connectivity index (χ1n) is 11.6. The number of amides is 3. The van der Waals surface area contributed by atoms with Gasteiger partial charge in [-0.1, -0.05) is 48.5 Å². The van der Waals surface area contributed by atoms with Crippen LogP contribution in [0.2, 0.25) is 0 Å². The molecule has 9 heteroatoms. The van der Waals surface area contributed by atoms with E-state index in [9.17, 15) is 18.0 Å². The van der Waals surface area contributed by atoms with Crippen molar-refractivity contribution in [2.24, 2.45) is 0 Å². The summed E-state index contributed by atoms with van der Waals surface area (Å²) in [7, 11) is -2.50. The Balaban J connectivity index is 1.77. The molecule has 0 heterocycles. The van der Waals surface area contributed by atoms with Crippen LogP contribution in [-0.2, 0) is 21.2 Å². The third-order valence-corrected chi connectivity index (χ3v) is 7.13. The lowest BCUT2D eigenvalue weighted by atomic mass is 10.0. The predicted molar refractivity (Wildman–Crippen MR) is 140 cm³/mol. The minimum absolute atomic E-state index is 0.00109. The molecule has 3 aromatic carbocycles. The van der Waals surface area contributed by atoms with E-state index in [0.717, 1.165) is 5.56 Å². The van der Waals surface area contributed by atoms with Crippen LogP contribution in [0.1, 0.15) is 24.5 Å². The summed E-state index contributed by atoms with van der Waals surface area (Å²) in [5.74, 6) is 0.306. The molecule has 0 aliphatic rings. The topological polar surface area (TPSA) is 105 Å². The van der Waals surface area contributed by atoms with Crippen LogP contribution in [0.15, 0.2) is 83.8 Å². The van der Waals surface area contributed by atoms with Crippen molar-refractivity contribution in [3.63, 3.8) is 0 Å². The van der Waals surface area contributed by atoms with Crippen molar-refractivity contribution in [1.82, 2.24) is 10.0 Å². The van der Waals surface area contributed by atoms with Gasteiger partial charge in [-0.15, -0.1) is 0 Å². The van der Waals surface area contributed by atoms with Crippen LogP contribution in [0, 0.1) is 6.92 Å². The second-order valence-corrected chi connectivity index (χ2v) is 9.90. The van der Waals surface area contributed by atoms with Crippen molar-refractivity contribution < 1.29 is 22.7 Å². The zero-order chi connectivity index (χ0) is 26.1. The van der Waals surface area contributed by atoms with Gasteiger partial charge in [-0.3, -0.25) is 4.79 Å². The van der Waals surface area contributed by atoms with Crippen LogP contribution in [-0.4, -0.2) is 40.1 Å². The lowest BCUT2D eigenvalue weighted by molar-refractivity contribution is -0.120. The minimum Gasteiger partial charge on any atom is -0.494 e. The van der Waals surface area contributed by atoms with Gasteiger partial charge < -0.3 is 15.0 Å². The van der Waals surface area contributed by atoms with Gasteiger partial charge in [0.15, 0.2) is 0 Å². The van der Waals surface area contributed by atoms with Crippen LogP contribution in [0.3, 0.4) is 0 Å². The van der Waals surface area contributed by atoms with Gasteiger partial charge in [-0.2, -0.15) is 0 Å². The maximum Gasteiger partial charge on any atom is 0.329 e. The molecule has 0 aliphatic carbocycles. The Bertz CT molecular complexity index is 1280. The lowest BCUT2D eigenvalue weighted by Crippen LogP contribution is -2.51. The molecular formula is C27H31N3O5S. The number of likely N-dealkylation sites (N-methyl/N-ethyl adjacent to an activating group) is 1. The largest absolute Gasteiger partial charge is 0.494 e. The van der Waals surface area contributed by atoms with Crippen molar-refractivity contribution in [1.29, 1.82) is 0 Å². The summed E-state index contributed by atoms with van der Waals surface area (Å²) in [6.45, 7) is 4.06. The summed E-state index contributed by atoms with van der Waals surface area (Å²) in [5.41, 5.74) is 2.11. The molecule has 0 unspecified atom stereocenters. The molecule has 190 valence electrons. The van der Waals surface area contributed by atoms with E-state index in [1.54, 1.807) is 56.4 Å². The van der Waals surface area contributed by atoms with Gasteiger partial charge in [0.05, 0.1) is 11.5 Å². The highest BCUT2D eigenvalue weighted by Gasteiger charge is 2.27. The van der Waals surface area contributed by atoms with Crippen LogP contribution in [0.5, 0.6) is 5.75 Å². The molecule has 2 N–H and O–H groups in total. The first kappa shape index (κ1) is 26.7. The number of hydrogen-bond acceptors (Lipinski definition) is 5. The van der Waals surface area contributed by atoms with Gasteiger partial charge in [-0.25, -0.2) is 17.9 Å². The third kappa shape index (κ3) is 7.08. The van der Waals surface area contributed by atoms with Crippen molar-refractivity contribution in [3.8, 4) is 5.75 Å². The number of anilines is 1. The number of hydrogen-bond donors (Lipinski definition) is 2. The molecule has 0 bridgehead atoms. The number of aryl methyl sites for hydroxylation is 2. The summed E-state index contributed by atoms with van der Waals surface area (Å²) in [6.07, 6.45) is 0.793.